The van der Waals surface area contributed by atoms with Crippen molar-refractivity contribution in [1.82, 2.24) is 0 Å². The van der Waals surface area contributed by atoms with E-state index in [0.29, 0.717) is 6.42 Å². The van der Waals surface area contributed by atoms with E-state index in [1.54, 1.807) is 0 Å². The van der Waals surface area contributed by atoms with Gasteiger partial charge in [-0.05, 0) is 52.9 Å². The predicted molar refractivity (Wildman–Crippen MR) is 82.0 cm³/mol. The molecule has 0 heterocycles. The van der Waals surface area contributed by atoms with E-state index in [4.69, 9.17) is 0 Å². The lowest BCUT2D eigenvalue weighted by atomic mass is 10.0. The Morgan fingerprint density at radius 3 is 2.21 bits per heavy atom. The molecule has 0 aliphatic carbocycles. The average molecular weight is 264 g/mol. The third-order valence-electron chi connectivity index (χ3n) is 2.99. The van der Waals surface area contributed by atoms with Crippen molar-refractivity contribution in [2.45, 2.75) is 59.3 Å². The van der Waals surface area contributed by atoms with Crippen molar-refractivity contribution < 1.29 is 9.53 Å². The van der Waals surface area contributed by atoms with E-state index in [0.717, 1.165) is 37.7 Å². The van der Waals surface area contributed by atoms with Gasteiger partial charge >= 0.3 is 5.97 Å². The van der Waals surface area contributed by atoms with E-state index < -0.39 is 0 Å². The highest BCUT2D eigenvalue weighted by molar-refractivity contribution is 5.69. The van der Waals surface area contributed by atoms with Crippen LogP contribution in [-0.2, 0) is 9.53 Å². The minimum atomic E-state index is -0.158. The van der Waals surface area contributed by atoms with Crippen molar-refractivity contribution in [2.24, 2.45) is 0 Å². The monoisotopic (exact) mass is 264 g/mol. The maximum Gasteiger partial charge on any atom is 0.305 e. The highest BCUT2D eigenvalue weighted by atomic mass is 16.5. The number of carbonyl (C=O) groups excluding carboxylic acids is 1. The van der Waals surface area contributed by atoms with Gasteiger partial charge in [-0.3, -0.25) is 4.79 Å². The molecule has 0 radical (unpaired) electrons. The molecule has 0 spiro atoms. The zero-order valence-corrected chi connectivity index (χ0v) is 12.9. The summed E-state index contributed by atoms with van der Waals surface area (Å²) < 4.78 is 4.61. The van der Waals surface area contributed by atoms with Crippen LogP contribution in [0.3, 0.4) is 0 Å². The number of ether oxygens (including phenoxy) is 1. The van der Waals surface area contributed by atoms with Crippen molar-refractivity contribution in [1.29, 1.82) is 0 Å². The van der Waals surface area contributed by atoms with Crippen molar-refractivity contribution >= 4 is 5.97 Å². The second-order valence-corrected chi connectivity index (χ2v) is 5.24. The van der Waals surface area contributed by atoms with Crippen LogP contribution in [0.4, 0.5) is 0 Å². The standard InChI is InChI=1S/C17H28O2/c1-14(2)8-6-9-15(3)10-7-11-16(4)12-13-17(18)19-5/h8,10H,4,6-7,9,11-13H2,1-3,5H3/b15-10+. The summed E-state index contributed by atoms with van der Waals surface area (Å²) in [5, 5.41) is 0. The van der Waals surface area contributed by atoms with E-state index >= 15 is 0 Å². The Balaban J connectivity index is 3.78. The molecular formula is C17H28O2. The van der Waals surface area contributed by atoms with Gasteiger partial charge in [0.1, 0.15) is 0 Å². The number of esters is 1. The maximum absolute atomic E-state index is 11.0. The Morgan fingerprint density at radius 2 is 1.63 bits per heavy atom. The summed E-state index contributed by atoms with van der Waals surface area (Å²) in [5.41, 5.74) is 3.93. The zero-order valence-electron chi connectivity index (χ0n) is 12.9. The van der Waals surface area contributed by atoms with Crippen molar-refractivity contribution in [3.8, 4) is 0 Å². The summed E-state index contributed by atoms with van der Waals surface area (Å²) in [6.07, 6.45) is 9.94. The van der Waals surface area contributed by atoms with Gasteiger partial charge in [0, 0.05) is 6.42 Å². The summed E-state index contributed by atoms with van der Waals surface area (Å²) in [5.74, 6) is -0.158. The van der Waals surface area contributed by atoms with Gasteiger partial charge in [0.2, 0.25) is 0 Å². The Hall–Kier alpha value is -1.31. The Labute approximate surface area is 118 Å². The molecule has 0 unspecified atom stereocenters. The van der Waals surface area contributed by atoms with E-state index in [1.807, 2.05) is 0 Å². The molecule has 0 rings (SSSR count). The minimum absolute atomic E-state index is 0.158. The van der Waals surface area contributed by atoms with Gasteiger partial charge in [-0.25, -0.2) is 0 Å². The van der Waals surface area contributed by atoms with Crippen LogP contribution < -0.4 is 0 Å². The molecular weight excluding hydrogens is 236 g/mol. The van der Waals surface area contributed by atoms with Gasteiger partial charge in [0.25, 0.3) is 0 Å². The molecule has 19 heavy (non-hydrogen) atoms. The fourth-order valence-electron chi connectivity index (χ4n) is 1.72. The van der Waals surface area contributed by atoms with E-state index in [-0.39, 0.29) is 5.97 Å². The van der Waals surface area contributed by atoms with Gasteiger partial charge in [0.05, 0.1) is 7.11 Å². The second-order valence-electron chi connectivity index (χ2n) is 5.24. The molecule has 0 bridgehead atoms. The highest BCUT2D eigenvalue weighted by Crippen LogP contribution is 2.14. The summed E-state index contributed by atoms with van der Waals surface area (Å²) in [6.45, 7) is 10.4. The average Bonchev–Trinajstić information content (AvgIpc) is 2.35. The quantitative estimate of drug-likeness (QED) is 0.434. The minimum Gasteiger partial charge on any atom is -0.469 e. The third-order valence-corrected chi connectivity index (χ3v) is 2.99. The van der Waals surface area contributed by atoms with Crippen molar-refractivity contribution in [2.75, 3.05) is 7.11 Å². The molecule has 0 atom stereocenters. The molecule has 0 aromatic heterocycles. The third kappa shape index (κ3) is 11.5. The van der Waals surface area contributed by atoms with Gasteiger partial charge < -0.3 is 4.74 Å². The zero-order chi connectivity index (χ0) is 14.7. The van der Waals surface area contributed by atoms with E-state index in [9.17, 15) is 4.79 Å². The normalized spacial score (nSPS) is 11.1. The molecule has 0 fully saturated rings. The van der Waals surface area contributed by atoms with Crippen molar-refractivity contribution in [3.05, 3.63) is 35.5 Å². The molecule has 2 nitrogen and oxygen atoms in total. The molecule has 0 aromatic rings. The molecule has 0 aromatic carbocycles. The van der Waals surface area contributed by atoms with E-state index in [1.165, 1.54) is 18.3 Å². The molecule has 0 saturated heterocycles. The summed E-state index contributed by atoms with van der Waals surface area (Å²) in [4.78, 5) is 11.0. The Kier molecular flexibility index (Phi) is 9.87. The first-order valence-electron chi connectivity index (χ1n) is 6.98. The number of hydrogen-bond donors (Lipinski definition) is 0. The smallest absolute Gasteiger partial charge is 0.305 e. The lowest BCUT2D eigenvalue weighted by Crippen LogP contribution is -2.00. The molecule has 2 heteroatoms. The SMILES string of the molecule is C=C(CC/C=C(\C)CCC=C(C)C)CCC(=O)OC. The summed E-state index contributed by atoms with van der Waals surface area (Å²) >= 11 is 0. The molecule has 0 aliphatic heterocycles. The predicted octanol–water partition coefficient (Wildman–Crippen LogP) is 4.97. The van der Waals surface area contributed by atoms with Crippen LogP contribution >= 0.6 is 0 Å². The number of carbonyl (C=O) groups is 1. The van der Waals surface area contributed by atoms with Crippen LogP contribution in [0.1, 0.15) is 59.3 Å². The first-order valence-corrected chi connectivity index (χ1v) is 6.98. The Bertz CT molecular complexity index is 344. The molecule has 0 N–H and O–H groups in total. The first-order chi connectivity index (χ1) is 8.95. The van der Waals surface area contributed by atoms with Gasteiger partial charge in [-0.2, -0.15) is 0 Å². The molecule has 0 aliphatic rings. The van der Waals surface area contributed by atoms with Crippen LogP contribution in [0, 0.1) is 0 Å². The first kappa shape index (κ1) is 17.7. The summed E-state index contributed by atoms with van der Waals surface area (Å²) in [7, 11) is 1.42. The van der Waals surface area contributed by atoms with E-state index in [2.05, 4.69) is 44.2 Å². The number of allylic oxidation sites excluding steroid dienone is 5. The van der Waals surface area contributed by atoms with Crippen molar-refractivity contribution in [3.63, 3.8) is 0 Å². The molecule has 0 saturated carbocycles. The van der Waals surface area contributed by atoms with Gasteiger partial charge in [-0.1, -0.05) is 35.5 Å². The second kappa shape index (κ2) is 10.6. The number of hydrogen-bond acceptors (Lipinski definition) is 2. The summed E-state index contributed by atoms with van der Waals surface area (Å²) in [6, 6.07) is 0. The fraction of sp³-hybridized carbons (Fsp3) is 0.588. The Morgan fingerprint density at radius 1 is 1.00 bits per heavy atom. The molecule has 0 amide bonds. The lowest BCUT2D eigenvalue weighted by Gasteiger charge is -2.04. The number of rotatable bonds is 9. The van der Waals surface area contributed by atoms with Crippen LogP contribution in [0.25, 0.3) is 0 Å². The fourth-order valence-corrected chi connectivity index (χ4v) is 1.72. The van der Waals surface area contributed by atoms with Crippen LogP contribution in [-0.4, -0.2) is 13.1 Å². The van der Waals surface area contributed by atoms with Crippen LogP contribution in [0.2, 0.25) is 0 Å². The topological polar surface area (TPSA) is 26.3 Å². The van der Waals surface area contributed by atoms with Gasteiger partial charge in [0.15, 0.2) is 0 Å². The van der Waals surface area contributed by atoms with Crippen LogP contribution in [0.5, 0.6) is 0 Å². The van der Waals surface area contributed by atoms with Gasteiger partial charge in [-0.15, -0.1) is 0 Å². The lowest BCUT2D eigenvalue weighted by molar-refractivity contribution is -0.140. The number of methoxy groups -OCH3 is 1. The largest absolute Gasteiger partial charge is 0.469 e. The van der Waals surface area contributed by atoms with Crippen LogP contribution in [0.15, 0.2) is 35.5 Å². The molecule has 108 valence electrons. The maximum atomic E-state index is 11.0. The highest BCUT2D eigenvalue weighted by Gasteiger charge is 2.01.